The quantitative estimate of drug-likeness (QED) is 0.644. The Balaban J connectivity index is 1.97. The molecule has 0 spiro atoms. The van der Waals surface area contributed by atoms with Gasteiger partial charge in [0.15, 0.2) is 13.1 Å². The lowest BCUT2D eigenvalue weighted by Crippen LogP contribution is -3.13. The van der Waals surface area contributed by atoms with Gasteiger partial charge < -0.3 is 15.5 Å². The van der Waals surface area contributed by atoms with Crippen LogP contribution in [0.3, 0.4) is 0 Å². The molecule has 0 aliphatic heterocycles. The Labute approximate surface area is 174 Å². The molecule has 28 heavy (non-hydrogen) atoms. The molecule has 2 aromatic carbocycles. The van der Waals surface area contributed by atoms with Crippen LogP contribution in [0.4, 0.5) is 11.4 Å². The molecule has 0 radical (unpaired) electrons. The Kier molecular flexibility index (Phi) is 7.82. The second-order valence-electron chi connectivity index (χ2n) is 6.31. The van der Waals surface area contributed by atoms with Gasteiger partial charge in [-0.2, -0.15) is 5.26 Å². The summed E-state index contributed by atoms with van der Waals surface area (Å²) in [5, 5.41) is 15.6. The highest BCUT2D eigenvalue weighted by Crippen LogP contribution is 2.20. The van der Waals surface area contributed by atoms with Gasteiger partial charge in [-0.25, -0.2) is 0 Å². The van der Waals surface area contributed by atoms with Gasteiger partial charge in [-0.1, -0.05) is 29.3 Å². The number of rotatable bonds is 7. The van der Waals surface area contributed by atoms with Gasteiger partial charge in [0.05, 0.1) is 17.8 Å². The lowest BCUT2D eigenvalue weighted by atomic mass is 10.2. The van der Waals surface area contributed by atoms with Crippen LogP contribution in [0, 0.1) is 18.3 Å². The first kappa shape index (κ1) is 21.7. The molecule has 0 fully saturated rings. The fourth-order valence-corrected chi connectivity index (χ4v) is 2.95. The first-order valence-corrected chi connectivity index (χ1v) is 9.47. The van der Waals surface area contributed by atoms with Crippen molar-refractivity contribution in [3.8, 4) is 6.07 Å². The van der Waals surface area contributed by atoms with Crippen LogP contribution < -0.4 is 15.5 Å². The molecule has 6 nitrogen and oxygen atoms in total. The zero-order valence-electron chi connectivity index (χ0n) is 15.6. The smallest absolute Gasteiger partial charge is 0.279 e. The third-order valence-electron chi connectivity index (χ3n) is 4.17. The standard InChI is InChI=1S/C20H20Cl2N4O2/c1-3-26(11-19(27)24-17-8-15(21)6-4-13(17)2)12-20(28)25-18-9-16(22)7-5-14(18)10-23/h4-9H,3,11-12H2,1-2H3,(H,24,27)(H,25,28)/p+1. The molecule has 3 N–H and O–H groups in total. The van der Waals surface area contributed by atoms with Gasteiger partial charge in [-0.3, -0.25) is 9.59 Å². The van der Waals surface area contributed by atoms with Crippen LogP contribution in [0.1, 0.15) is 18.1 Å². The Hall–Kier alpha value is -2.59. The fraction of sp³-hybridized carbons (Fsp3) is 0.250. The third-order valence-corrected chi connectivity index (χ3v) is 4.64. The molecule has 146 valence electrons. The van der Waals surface area contributed by atoms with Crippen LogP contribution in [-0.4, -0.2) is 31.4 Å². The van der Waals surface area contributed by atoms with E-state index in [0.717, 1.165) is 10.5 Å². The predicted molar refractivity (Wildman–Crippen MR) is 111 cm³/mol. The number of nitrogens with one attached hydrogen (secondary N) is 3. The molecule has 0 aliphatic rings. The van der Waals surface area contributed by atoms with Crippen molar-refractivity contribution >= 4 is 46.4 Å². The lowest BCUT2D eigenvalue weighted by molar-refractivity contribution is -0.881. The van der Waals surface area contributed by atoms with Crippen LogP contribution in [0.15, 0.2) is 36.4 Å². The second-order valence-corrected chi connectivity index (χ2v) is 7.19. The number of carbonyl (C=O) groups is 2. The van der Waals surface area contributed by atoms with Crippen molar-refractivity contribution < 1.29 is 14.5 Å². The molecule has 0 saturated carbocycles. The number of aryl methyl sites for hydroxylation is 1. The number of amides is 2. The van der Waals surface area contributed by atoms with E-state index in [1.165, 1.54) is 6.07 Å². The van der Waals surface area contributed by atoms with Crippen molar-refractivity contribution in [2.45, 2.75) is 13.8 Å². The number of carbonyl (C=O) groups excluding carboxylic acids is 2. The maximum absolute atomic E-state index is 12.4. The highest BCUT2D eigenvalue weighted by molar-refractivity contribution is 6.31. The number of hydrogen-bond donors (Lipinski definition) is 3. The van der Waals surface area contributed by atoms with Crippen molar-refractivity contribution in [1.29, 1.82) is 5.26 Å². The molecule has 0 heterocycles. The number of nitrogens with zero attached hydrogens (tertiary/aromatic N) is 1. The van der Waals surface area contributed by atoms with E-state index < -0.39 is 0 Å². The summed E-state index contributed by atoms with van der Waals surface area (Å²) in [5.74, 6) is -0.516. The average molecular weight is 420 g/mol. The fourth-order valence-electron chi connectivity index (χ4n) is 2.60. The maximum Gasteiger partial charge on any atom is 0.279 e. The number of benzene rings is 2. The van der Waals surface area contributed by atoms with Crippen molar-refractivity contribution in [2.24, 2.45) is 0 Å². The minimum atomic E-state index is -0.303. The summed E-state index contributed by atoms with van der Waals surface area (Å²) in [6.45, 7) is 4.55. The summed E-state index contributed by atoms with van der Waals surface area (Å²) in [6.07, 6.45) is 0. The molecule has 0 saturated heterocycles. The van der Waals surface area contributed by atoms with E-state index in [1.807, 2.05) is 26.0 Å². The van der Waals surface area contributed by atoms with Gasteiger partial charge in [0, 0.05) is 15.7 Å². The second kappa shape index (κ2) is 10.1. The van der Waals surface area contributed by atoms with E-state index in [4.69, 9.17) is 28.5 Å². The Morgan fingerprint density at radius 3 is 2.11 bits per heavy atom. The monoisotopic (exact) mass is 419 g/mol. The van der Waals surface area contributed by atoms with Crippen LogP contribution in [0.25, 0.3) is 0 Å². The zero-order chi connectivity index (χ0) is 20.7. The third kappa shape index (κ3) is 6.24. The summed E-state index contributed by atoms with van der Waals surface area (Å²) in [6, 6.07) is 11.9. The van der Waals surface area contributed by atoms with E-state index in [-0.39, 0.29) is 24.9 Å². The lowest BCUT2D eigenvalue weighted by Gasteiger charge is -2.17. The van der Waals surface area contributed by atoms with Gasteiger partial charge in [0.2, 0.25) is 0 Å². The summed E-state index contributed by atoms with van der Waals surface area (Å²) < 4.78 is 0. The van der Waals surface area contributed by atoms with Crippen molar-refractivity contribution in [2.75, 3.05) is 30.3 Å². The van der Waals surface area contributed by atoms with E-state index >= 15 is 0 Å². The van der Waals surface area contributed by atoms with Gasteiger partial charge in [-0.05, 0) is 49.7 Å². The minimum absolute atomic E-state index is 0.0792. The molecule has 0 bridgehead atoms. The van der Waals surface area contributed by atoms with Crippen molar-refractivity contribution in [1.82, 2.24) is 0 Å². The summed E-state index contributed by atoms with van der Waals surface area (Å²) in [5.41, 5.74) is 2.23. The molecule has 0 aromatic heterocycles. The van der Waals surface area contributed by atoms with Crippen LogP contribution in [0.2, 0.25) is 10.0 Å². The molecular weight excluding hydrogens is 399 g/mol. The average Bonchev–Trinajstić information content (AvgIpc) is 2.64. The first-order valence-electron chi connectivity index (χ1n) is 8.71. The van der Waals surface area contributed by atoms with Crippen LogP contribution in [0.5, 0.6) is 0 Å². The molecule has 1 unspecified atom stereocenters. The first-order chi connectivity index (χ1) is 13.3. The normalized spacial score (nSPS) is 11.4. The van der Waals surface area contributed by atoms with Gasteiger partial charge in [-0.15, -0.1) is 0 Å². The molecule has 2 rings (SSSR count). The van der Waals surface area contributed by atoms with E-state index in [9.17, 15) is 9.59 Å². The van der Waals surface area contributed by atoms with Gasteiger partial charge in [0.25, 0.3) is 11.8 Å². The number of anilines is 2. The van der Waals surface area contributed by atoms with E-state index in [1.54, 1.807) is 24.3 Å². The number of nitriles is 1. The maximum atomic E-state index is 12.4. The highest BCUT2D eigenvalue weighted by Gasteiger charge is 2.18. The molecule has 2 aromatic rings. The SMILES string of the molecule is CC[NH+](CC(=O)Nc1cc(Cl)ccc1C)CC(=O)Nc1cc(Cl)ccc1C#N. The minimum Gasteiger partial charge on any atom is -0.321 e. The largest absolute Gasteiger partial charge is 0.321 e. The van der Waals surface area contributed by atoms with Crippen LogP contribution >= 0.6 is 23.2 Å². The molecule has 0 aliphatic carbocycles. The van der Waals surface area contributed by atoms with Crippen molar-refractivity contribution in [3.63, 3.8) is 0 Å². The Morgan fingerprint density at radius 1 is 1.00 bits per heavy atom. The predicted octanol–water partition coefficient (Wildman–Crippen LogP) is 2.66. The van der Waals surface area contributed by atoms with Crippen molar-refractivity contribution in [3.05, 3.63) is 57.6 Å². The number of quaternary nitrogens is 1. The zero-order valence-corrected chi connectivity index (χ0v) is 17.1. The van der Waals surface area contributed by atoms with Gasteiger partial charge in [0.1, 0.15) is 6.07 Å². The number of halogens is 2. The molecule has 8 heteroatoms. The summed E-state index contributed by atoms with van der Waals surface area (Å²) in [4.78, 5) is 25.5. The summed E-state index contributed by atoms with van der Waals surface area (Å²) in [7, 11) is 0. The van der Waals surface area contributed by atoms with E-state index in [2.05, 4.69) is 10.6 Å². The molecule has 1 atom stereocenters. The molecule has 2 amide bonds. The van der Waals surface area contributed by atoms with Gasteiger partial charge >= 0.3 is 0 Å². The van der Waals surface area contributed by atoms with E-state index in [0.29, 0.717) is 33.5 Å². The summed E-state index contributed by atoms with van der Waals surface area (Å²) >= 11 is 11.9. The highest BCUT2D eigenvalue weighted by atomic mass is 35.5. The molecular formula is C20H21Cl2N4O2+. The Bertz CT molecular complexity index is 925. The topological polar surface area (TPSA) is 86.4 Å². The Morgan fingerprint density at radius 2 is 1.54 bits per heavy atom. The number of hydrogen-bond acceptors (Lipinski definition) is 3. The number of likely N-dealkylation sites (N-methyl/N-ethyl adjacent to an activating group) is 1. The van der Waals surface area contributed by atoms with Crippen LogP contribution in [-0.2, 0) is 9.59 Å².